The summed E-state index contributed by atoms with van der Waals surface area (Å²) in [6.45, 7) is 3.07. The Kier molecular flexibility index (Phi) is 5.37. The Morgan fingerprint density at radius 2 is 1.85 bits per heavy atom. The topological polar surface area (TPSA) is 74.8 Å². The van der Waals surface area contributed by atoms with Gasteiger partial charge in [0.1, 0.15) is 0 Å². The molecule has 2 heterocycles. The van der Waals surface area contributed by atoms with Crippen molar-refractivity contribution in [2.24, 2.45) is 5.92 Å². The summed E-state index contributed by atoms with van der Waals surface area (Å²) in [4.78, 5) is 28.7. The number of rotatable bonds is 3. The molecule has 1 atom stereocenters. The number of carbonyl (C=O) groups is 2. The molecular weight excluding hydrogens is 352 g/mol. The van der Waals surface area contributed by atoms with Gasteiger partial charge in [-0.15, -0.1) is 0 Å². The first kappa shape index (κ1) is 18.9. The van der Waals surface area contributed by atoms with E-state index in [9.17, 15) is 18.0 Å². The number of piperidine rings is 1. The average Bonchev–Trinajstić information content (AvgIpc) is 3.00. The molecule has 0 saturated carbocycles. The van der Waals surface area contributed by atoms with Crippen molar-refractivity contribution in [3.8, 4) is 0 Å². The summed E-state index contributed by atoms with van der Waals surface area (Å²) in [6.07, 6.45) is 1.77. The van der Waals surface area contributed by atoms with E-state index in [-0.39, 0.29) is 35.3 Å². The zero-order valence-corrected chi connectivity index (χ0v) is 16.2. The van der Waals surface area contributed by atoms with E-state index in [4.69, 9.17) is 0 Å². The molecule has 1 aromatic carbocycles. The third kappa shape index (κ3) is 4.09. The predicted octanol–water partition coefficient (Wildman–Crippen LogP) is 1.49. The minimum Gasteiger partial charge on any atom is -0.341 e. The van der Waals surface area contributed by atoms with E-state index in [1.807, 2.05) is 31.2 Å². The maximum atomic E-state index is 12.7. The highest BCUT2D eigenvalue weighted by atomic mass is 32.2. The number of sulfone groups is 1. The zero-order chi connectivity index (χ0) is 18.9. The Morgan fingerprint density at radius 3 is 2.42 bits per heavy atom. The van der Waals surface area contributed by atoms with Crippen molar-refractivity contribution in [2.75, 3.05) is 31.6 Å². The smallest absolute Gasteiger partial charge is 0.253 e. The van der Waals surface area contributed by atoms with Crippen molar-refractivity contribution >= 4 is 21.7 Å². The van der Waals surface area contributed by atoms with Crippen LogP contribution in [0.5, 0.6) is 0 Å². The van der Waals surface area contributed by atoms with Gasteiger partial charge >= 0.3 is 0 Å². The molecule has 1 aromatic rings. The van der Waals surface area contributed by atoms with Crippen molar-refractivity contribution in [3.05, 3.63) is 35.4 Å². The van der Waals surface area contributed by atoms with Crippen LogP contribution in [-0.2, 0) is 14.6 Å². The highest BCUT2D eigenvalue weighted by Gasteiger charge is 2.36. The second-order valence-corrected chi connectivity index (χ2v) is 9.67. The zero-order valence-electron chi connectivity index (χ0n) is 15.3. The monoisotopic (exact) mass is 378 g/mol. The van der Waals surface area contributed by atoms with E-state index in [1.165, 1.54) is 0 Å². The molecule has 0 spiro atoms. The summed E-state index contributed by atoms with van der Waals surface area (Å²) in [5.74, 6) is 0.119. The molecule has 0 aliphatic carbocycles. The van der Waals surface area contributed by atoms with Crippen LogP contribution in [0.1, 0.15) is 35.2 Å². The lowest BCUT2D eigenvalue weighted by Crippen LogP contribution is -2.46. The minimum absolute atomic E-state index is 0.00903. The number of hydrogen-bond acceptors (Lipinski definition) is 4. The second-order valence-electron chi connectivity index (χ2n) is 7.44. The first-order chi connectivity index (χ1) is 12.3. The fourth-order valence-corrected chi connectivity index (χ4v) is 5.61. The molecule has 26 heavy (non-hydrogen) atoms. The molecule has 7 heteroatoms. The summed E-state index contributed by atoms with van der Waals surface area (Å²) in [5.41, 5.74) is 1.73. The van der Waals surface area contributed by atoms with E-state index < -0.39 is 9.84 Å². The van der Waals surface area contributed by atoms with Gasteiger partial charge < -0.3 is 9.80 Å². The van der Waals surface area contributed by atoms with Crippen LogP contribution in [-0.4, -0.2) is 67.7 Å². The maximum Gasteiger partial charge on any atom is 0.253 e. The molecule has 3 rings (SSSR count). The summed E-state index contributed by atoms with van der Waals surface area (Å²) in [5, 5.41) is 0. The van der Waals surface area contributed by atoms with Gasteiger partial charge in [-0.2, -0.15) is 0 Å². The molecule has 2 amide bonds. The van der Waals surface area contributed by atoms with Crippen molar-refractivity contribution in [3.63, 3.8) is 0 Å². The molecule has 0 radical (unpaired) electrons. The van der Waals surface area contributed by atoms with Gasteiger partial charge in [0.25, 0.3) is 5.91 Å². The van der Waals surface area contributed by atoms with Gasteiger partial charge in [-0.1, -0.05) is 17.7 Å². The Hall–Kier alpha value is -1.89. The third-order valence-electron chi connectivity index (χ3n) is 5.50. The number of nitrogens with zero attached hydrogens (tertiary/aromatic N) is 2. The van der Waals surface area contributed by atoms with Crippen LogP contribution >= 0.6 is 0 Å². The summed E-state index contributed by atoms with van der Waals surface area (Å²) < 4.78 is 23.3. The molecule has 0 aromatic heterocycles. The Balaban J connectivity index is 1.56. The molecular formula is C19H26N2O4S. The molecule has 2 saturated heterocycles. The van der Waals surface area contributed by atoms with Crippen LogP contribution in [0.2, 0.25) is 0 Å². The van der Waals surface area contributed by atoms with E-state index in [0.717, 1.165) is 5.56 Å². The normalized spacial score (nSPS) is 23.0. The van der Waals surface area contributed by atoms with Crippen molar-refractivity contribution in [2.45, 2.75) is 32.2 Å². The molecule has 142 valence electrons. The van der Waals surface area contributed by atoms with E-state index in [0.29, 0.717) is 37.9 Å². The highest BCUT2D eigenvalue weighted by molar-refractivity contribution is 7.91. The van der Waals surface area contributed by atoms with E-state index in [1.54, 1.807) is 16.8 Å². The first-order valence-electron chi connectivity index (χ1n) is 9.10. The van der Waals surface area contributed by atoms with Gasteiger partial charge in [-0.3, -0.25) is 9.59 Å². The Labute approximate surface area is 155 Å². The fraction of sp³-hybridized carbons (Fsp3) is 0.579. The number of hydrogen-bond donors (Lipinski definition) is 0. The van der Waals surface area contributed by atoms with Crippen LogP contribution < -0.4 is 0 Å². The average molecular weight is 378 g/mol. The first-order valence-corrected chi connectivity index (χ1v) is 10.9. The van der Waals surface area contributed by atoms with Crippen LogP contribution in [0.25, 0.3) is 0 Å². The van der Waals surface area contributed by atoms with Crippen LogP contribution in [0.3, 0.4) is 0 Å². The SMILES string of the molecule is Cc1cccc(C(=O)N2CCC(C(=O)N(C)C3CCS(=O)(=O)C3)CC2)c1. The number of amides is 2. The lowest BCUT2D eigenvalue weighted by Gasteiger charge is -2.34. The molecule has 0 bridgehead atoms. The maximum absolute atomic E-state index is 12.7. The number of benzene rings is 1. The van der Waals surface area contributed by atoms with Gasteiger partial charge in [0, 0.05) is 37.7 Å². The highest BCUT2D eigenvalue weighted by Crippen LogP contribution is 2.24. The quantitative estimate of drug-likeness (QED) is 0.799. The van der Waals surface area contributed by atoms with Gasteiger partial charge in [0.05, 0.1) is 11.5 Å². The standard InChI is InChI=1S/C19H26N2O4S/c1-14-4-3-5-16(12-14)19(23)21-9-6-15(7-10-21)18(22)20(2)17-8-11-26(24,25)13-17/h3-5,12,15,17H,6-11,13H2,1-2H3. The van der Waals surface area contributed by atoms with Crippen LogP contribution in [0.4, 0.5) is 0 Å². The minimum atomic E-state index is -3.01. The van der Waals surface area contributed by atoms with E-state index in [2.05, 4.69) is 0 Å². The number of likely N-dealkylation sites (tertiary alicyclic amines) is 1. The van der Waals surface area contributed by atoms with Gasteiger partial charge in [0.2, 0.25) is 5.91 Å². The third-order valence-corrected chi connectivity index (χ3v) is 7.25. The Bertz CT molecular complexity index is 798. The predicted molar refractivity (Wildman–Crippen MR) is 99.6 cm³/mol. The molecule has 1 unspecified atom stereocenters. The molecule has 2 aliphatic rings. The largest absolute Gasteiger partial charge is 0.341 e. The number of aryl methyl sites for hydroxylation is 1. The summed E-state index contributed by atoms with van der Waals surface area (Å²) >= 11 is 0. The van der Waals surface area contributed by atoms with E-state index >= 15 is 0 Å². The summed E-state index contributed by atoms with van der Waals surface area (Å²) in [7, 11) is -1.30. The second kappa shape index (κ2) is 7.39. The molecule has 2 fully saturated rings. The van der Waals surface area contributed by atoms with Crippen LogP contribution in [0.15, 0.2) is 24.3 Å². The number of carbonyl (C=O) groups excluding carboxylic acids is 2. The van der Waals surface area contributed by atoms with Gasteiger partial charge in [-0.05, 0) is 38.3 Å². The van der Waals surface area contributed by atoms with Crippen molar-refractivity contribution < 1.29 is 18.0 Å². The molecule has 2 aliphatic heterocycles. The van der Waals surface area contributed by atoms with Crippen molar-refractivity contribution in [1.29, 1.82) is 0 Å². The van der Waals surface area contributed by atoms with Gasteiger partial charge in [0.15, 0.2) is 9.84 Å². The summed E-state index contributed by atoms with van der Waals surface area (Å²) in [6, 6.07) is 7.33. The van der Waals surface area contributed by atoms with Gasteiger partial charge in [-0.25, -0.2) is 8.42 Å². The fourth-order valence-electron chi connectivity index (χ4n) is 3.84. The molecule has 6 nitrogen and oxygen atoms in total. The van der Waals surface area contributed by atoms with Crippen LogP contribution in [0, 0.1) is 12.8 Å². The Morgan fingerprint density at radius 1 is 1.15 bits per heavy atom. The lowest BCUT2D eigenvalue weighted by atomic mass is 9.94. The lowest BCUT2D eigenvalue weighted by molar-refractivity contribution is -0.137. The molecule has 0 N–H and O–H groups in total. The van der Waals surface area contributed by atoms with Crippen molar-refractivity contribution in [1.82, 2.24) is 9.80 Å².